The number of hydrogen-bond acceptors (Lipinski definition) is 4. The molecule has 1 saturated heterocycles. The normalized spacial score (nSPS) is 22.7. The van der Waals surface area contributed by atoms with E-state index in [9.17, 15) is 4.79 Å². The maximum absolute atomic E-state index is 11.6. The second kappa shape index (κ2) is 7.12. The number of nitrogens with zero attached hydrogens (tertiary/aromatic N) is 1. The van der Waals surface area contributed by atoms with E-state index < -0.39 is 0 Å². The molecule has 4 heteroatoms. The van der Waals surface area contributed by atoms with Crippen LogP contribution in [0.25, 0.3) is 0 Å². The number of rotatable bonds is 5. The summed E-state index contributed by atoms with van der Waals surface area (Å²) in [6.07, 6.45) is 4.24. The van der Waals surface area contributed by atoms with Crippen LogP contribution in [0.2, 0.25) is 0 Å². The highest BCUT2D eigenvalue weighted by Crippen LogP contribution is 2.17. The monoisotopic (exact) mass is 231 g/mol. The number of thioether (sulfide) groups is 1. The first-order valence-corrected chi connectivity index (χ1v) is 7.05. The van der Waals surface area contributed by atoms with Crippen LogP contribution < -0.4 is 0 Å². The Bertz CT molecular complexity index is 199. The van der Waals surface area contributed by atoms with E-state index in [2.05, 4.69) is 11.2 Å². The fraction of sp³-hybridized carbons (Fsp3) is 0.909. The summed E-state index contributed by atoms with van der Waals surface area (Å²) in [5.74, 6) is 1.25. The van der Waals surface area contributed by atoms with Crippen molar-refractivity contribution in [3.8, 4) is 0 Å². The summed E-state index contributed by atoms with van der Waals surface area (Å²) < 4.78 is 5.06. The van der Waals surface area contributed by atoms with E-state index in [4.69, 9.17) is 4.74 Å². The maximum Gasteiger partial charge on any atom is 0.310 e. The lowest BCUT2D eigenvalue weighted by Crippen LogP contribution is -2.40. The number of carbonyl (C=O) groups excluding carboxylic acids is 1. The topological polar surface area (TPSA) is 29.5 Å². The van der Waals surface area contributed by atoms with Crippen LogP contribution in [0.5, 0.6) is 0 Å². The van der Waals surface area contributed by atoms with Gasteiger partial charge in [-0.05, 0) is 32.6 Å². The summed E-state index contributed by atoms with van der Waals surface area (Å²) in [5.41, 5.74) is 0. The average Bonchev–Trinajstić information content (AvgIpc) is 2.27. The van der Waals surface area contributed by atoms with Crippen molar-refractivity contribution in [2.45, 2.75) is 19.8 Å². The standard InChI is InChI=1S/C11H21NO2S/c1-3-14-11(13)10-5-4-6-12(9-10)7-8-15-2/h10H,3-9H2,1-2H3/t10-/m1/s1. The van der Waals surface area contributed by atoms with E-state index >= 15 is 0 Å². The first kappa shape index (κ1) is 12.8. The Morgan fingerprint density at radius 3 is 3.07 bits per heavy atom. The quantitative estimate of drug-likeness (QED) is 0.673. The molecule has 0 spiro atoms. The molecule has 1 atom stereocenters. The van der Waals surface area contributed by atoms with Gasteiger partial charge >= 0.3 is 5.97 Å². The molecule has 0 aliphatic carbocycles. The minimum atomic E-state index is -0.00801. The van der Waals surface area contributed by atoms with E-state index in [1.54, 1.807) is 0 Å². The Balaban J connectivity index is 2.31. The number of likely N-dealkylation sites (tertiary alicyclic amines) is 1. The van der Waals surface area contributed by atoms with Gasteiger partial charge in [0.2, 0.25) is 0 Å². The Labute approximate surface area is 96.5 Å². The molecule has 1 aliphatic heterocycles. The highest BCUT2D eigenvalue weighted by molar-refractivity contribution is 7.98. The lowest BCUT2D eigenvalue weighted by Gasteiger charge is -2.31. The van der Waals surface area contributed by atoms with Crippen LogP contribution in [-0.2, 0) is 9.53 Å². The van der Waals surface area contributed by atoms with Gasteiger partial charge in [-0.25, -0.2) is 0 Å². The fourth-order valence-electron chi connectivity index (χ4n) is 1.93. The van der Waals surface area contributed by atoms with Gasteiger partial charge in [0, 0.05) is 18.8 Å². The zero-order chi connectivity index (χ0) is 11.1. The Kier molecular flexibility index (Phi) is 6.10. The number of esters is 1. The Morgan fingerprint density at radius 2 is 2.40 bits per heavy atom. The lowest BCUT2D eigenvalue weighted by molar-refractivity contribution is -0.149. The highest BCUT2D eigenvalue weighted by Gasteiger charge is 2.26. The largest absolute Gasteiger partial charge is 0.466 e. The van der Waals surface area contributed by atoms with Gasteiger partial charge in [-0.2, -0.15) is 11.8 Å². The van der Waals surface area contributed by atoms with Crippen molar-refractivity contribution < 1.29 is 9.53 Å². The average molecular weight is 231 g/mol. The summed E-state index contributed by atoms with van der Waals surface area (Å²) >= 11 is 1.86. The molecule has 0 amide bonds. The third-order valence-electron chi connectivity index (χ3n) is 2.74. The second-order valence-corrected chi connectivity index (χ2v) is 4.87. The molecule has 1 aliphatic rings. The van der Waals surface area contributed by atoms with Gasteiger partial charge in [0.25, 0.3) is 0 Å². The van der Waals surface area contributed by atoms with Crippen LogP contribution in [0.1, 0.15) is 19.8 Å². The van der Waals surface area contributed by atoms with E-state index in [-0.39, 0.29) is 11.9 Å². The van der Waals surface area contributed by atoms with Crippen LogP contribution in [0.15, 0.2) is 0 Å². The predicted molar refractivity (Wildman–Crippen MR) is 64.2 cm³/mol. The molecule has 0 unspecified atom stereocenters. The smallest absolute Gasteiger partial charge is 0.310 e. The van der Waals surface area contributed by atoms with E-state index in [0.717, 1.165) is 38.2 Å². The summed E-state index contributed by atoms with van der Waals surface area (Å²) in [4.78, 5) is 13.9. The number of carbonyl (C=O) groups is 1. The molecule has 0 saturated carbocycles. The van der Waals surface area contributed by atoms with Crippen molar-refractivity contribution in [1.29, 1.82) is 0 Å². The Hall–Kier alpha value is -0.220. The zero-order valence-corrected chi connectivity index (χ0v) is 10.5. The van der Waals surface area contributed by atoms with Crippen LogP contribution in [0.3, 0.4) is 0 Å². The van der Waals surface area contributed by atoms with Gasteiger partial charge in [0.1, 0.15) is 0 Å². The molecular formula is C11H21NO2S. The van der Waals surface area contributed by atoms with Gasteiger partial charge in [0.05, 0.1) is 12.5 Å². The summed E-state index contributed by atoms with van der Waals surface area (Å²) in [6, 6.07) is 0. The van der Waals surface area contributed by atoms with Crippen molar-refractivity contribution in [2.24, 2.45) is 5.92 Å². The van der Waals surface area contributed by atoms with E-state index in [1.165, 1.54) is 0 Å². The molecule has 0 bridgehead atoms. The summed E-state index contributed by atoms with van der Waals surface area (Å²) in [6.45, 7) is 5.49. The van der Waals surface area contributed by atoms with Crippen molar-refractivity contribution in [3.63, 3.8) is 0 Å². The highest BCUT2D eigenvalue weighted by atomic mass is 32.2. The summed E-state index contributed by atoms with van der Waals surface area (Å²) in [7, 11) is 0. The Morgan fingerprint density at radius 1 is 1.60 bits per heavy atom. The van der Waals surface area contributed by atoms with Crippen molar-refractivity contribution in [3.05, 3.63) is 0 Å². The second-order valence-electron chi connectivity index (χ2n) is 3.88. The molecule has 1 fully saturated rings. The molecular weight excluding hydrogens is 210 g/mol. The molecule has 0 aromatic heterocycles. The number of ether oxygens (including phenoxy) is 1. The van der Waals surface area contributed by atoms with E-state index in [0.29, 0.717) is 6.61 Å². The maximum atomic E-state index is 11.6. The number of hydrogen-bond donors (Lipinski definition) is 0. The molecule has 0 N–H and O–H groups in total. The van der Waals surface area contributed by atoms with Crippen molar-refractivity contribution in [1.82, 2.24) is 4.90 Å². The number of piperidine rings is 1. The first-order chi connectivity index (χ1) is 7.27. The summed E-state index contributed by atoms with van der Waals surface area (Å²) in [5, 5.41) is 0. The minimum absolute atomic E-state index is 0.00801. The van der Waals surface area contributed by atoms with Crippen LogP contribution in [-0.4, -0.2) is 49.1 Å². The van der Waals surface area contributed by atoms with Crippen molar-refractivity contribution in [2.75, 3.05) is 38.2 Å². The third-order valence-corrected chi connectivity index (χ3v) is 3.33. The van der Waals surface area contributed by atoms with Gasteiger partial charge in [0.15, 0.2) is 0 Å². The predicted octanol–water partition coefficient (Wildman–Crippen LogP) is 1.62. The van der Waals surface area contributed by atoms with Gasteiger partial charge in [-0.15, -0.1) is 0 Å². The first-order valence-electron chi connectivity index (χ1n) is 5.65. The van der Waals surface area contributed by atoms with Gasteiger partial charge in [-0.1, -0.05) is 0 Å². The SMILES string of the molecule is CCOC(=O)[C@@H]1CCCN(CCSC)C1. The molecule has 3 nitrogen and oxygen atoms in total. The molecule has 0 aromatic rings. The van der Waals surface area contributed by atoms with Gasteiger partial charge in [-0.3, -0.25) is 4.79 Å². The minimum Gasteiger partial charge on any atom is -0.466 e. The molecule has 15 heavy (non-hydrogen) atoms. The van der Waals surface area contributed by atoms with Gasteiger partial charge < -0.3 is 9.64 Å². The van der Waals surface area contributed by atoms with E-state index in [1.807, 2.05) is 18.7 Å². The van der Waals surface area contributed by atoms with Crippen molar-refractivity contribution >= 4 is 17.7 Å². The molecule has 0 aromatic carbocycles. The van der Waals surface area contributed by atoms with Crippen LogP contribution in [0.4, 0.5) is 0 Å². The lowest BCUT2D eigenvalue weighted by atomic mass is 9.98. The fourth-order valence-corrected chi connectivity index (χ4v) is 2.37. The van der Waals surface area contributed by atoms with Crippen LogP contribution >= 0.6 is 11.8 Å². The molecule has 1 rings (SSSR count). The molecule has 1 heterocycles. The zero-order valence-electron chi connectivity index (χ0n) is 9.70. The molecule has 0 radical (unpaired) electrons. The molecule has 88 valence electrons. The van der Waals surface area contributed by atoms with Crippen LogP contribution in [0, 0.1) is 5.92 Å². The third kappa shape index (κ3) is 4.43.